The summed E-state index contributed by atoms with van der Waals surface area (Å²) in [7, 11) is 0. The molecule has 0 aromatic heterocycles. The van der Waals surface area contributed by atoms with E-state index in [2.05, 4.69) is 20.8 Å². The lowest BCUT2D eigenvalue weighted by molar-refractivity contribution is -0.149. The highest BCUT2D eigenvalue weighted by Gasteiger charge is 2.18. The number of hydrogen-bond donors (Lipinski definition) is 0. The van der Waals surface area contributed by atoms with Gasteiger partial charge in [-0.05, 0) is 25.2 Å². The molecule has 0 spiro atoms. The summed E-state index contributed by atoms with van der Waals surface area (Å²) in [6, 6.07) is 0. The molecule has 0 fully saturated rings. The van der Waals surface area contributed by atoms with Crippen molar-refractivity contribution < 1.29 is 9.53 Å². The topological polar surface area (TPSA) is 26.3 Å². The van der Waals surface area contributed by atoms with E-state index in [1.54, 1.807) is 0 Å². The summed E-state index contributed by atoms with van der Waals surface area (Å²) in [5.74, 6) is 0.368. The van der Waals surface area contributed by atoms with Crippen LogP contribution in [0.2, 0.25) is 0 Å². The van der Waals surface area contributed by atoms with Crippen molar-refractivity contribution >= 4 is 5.97 Å². The van der Waals surface area contributed by atoms with Gasteiger partial charge in [0.2, 0.25) is 0 Å². The number of rotatable bonds is 5. The molecule has 2 heteroatoms. The van der Waals surface area contributed by atoms with Crippen LogP contribution in [0, 0.1) is 5.92 Å². The molecule has 0 saturated carbocycles. The zero-order chi connectivity index (χ0) is 9.56. The fraction of sp³-hybridized carbons (Fsp3) is 0.900. The third-order valence-electron chi connectivity index (χ3n) is 2.29. The third kappa shape index (κ3) is 3.74. The lowest BCUT2D eigenvalue weighted by Crippen LogP contribution is -2.24. The highest BCUT2D eigenvalue weighted by Crippen LogP contribution is 2.18. The van der Waals surface area contributed by atoms with Gasteiger partial charge in [-0.2, -0.15) is 0 Å². The smallest absolute Gasteiger partial charge is 0.302 e. The Morgan fingerprint density at radius 3 is 1.92 bits per heavy atom. The molecule has 0 unspecified atom stereocenters. The van der Waals surface area contributed by atoms with Gasteiger partial charge < -0.3 is 4.74 Å². The predicted octanol–water partition coefficient (Wildman–Crippen LogP) is 2.76. The van der Waals surface area contributed by atoms with Crippen LogP contribution in [0.15, 0.2) is 0 Å². The molecular weight excluding hydrogens is 152 g/mol. The summed E-state index contributed by atoms with van der Waals surface area (Å²) in [6.45, 7) is 7.82. The molecule has 0 bridgehead atoms. The lowest BCUT2D eigenvalue weighted by atomic mass is 9.95. The van der Waals surface area contributed by atoms with Crippen LogP contribution in [-0.2, 0) is 9.53 Å². The number of esters is 1. The van der Waals surface area contributed by atoms with Gasteiger partial charge in [-0.25, -0.2) is 0 Å². The van der Waals surface area contributed by atoms with Crippen LogP contribution in [-0.4, -0.2) is 12.1 Å². The standard InChI is InChI=1S/C10H20O2/c1-5-9(6-2)10(7-3)12-8(4)11/h9-10H,5-7H2,1-4H3/t10-/m0/s1. The Hall–Kier alpha value is -0.530. The van der Waals surface area contributed by atoms with Gasteiger partial charge in [0.25, 0.3) is 0 Å². The summed E-state index contributed by atoms with van der Waals surface area (Å²) in [6.07, 6.45) is 3.22. The van der Waals surface area contributed by atoms with Crippen LogP contribution in [0.5, 0.6) is 0 Å². The first-order valence-corrected chi connectivity index (χ1v) is 4.82. The molecule has 2 nitrogen and oxygen atoms in total. The van der Waals surface area contributed by atoms with Gasteiger partial charge in [0.05, 0.1) is 0 Å². The molecule has 0 aliphatic carbocycles. The molecule has 1 atom stereocenters. The van der Waals surface area contributed by atoms with Crippen LogP contribution in [0.25, 0.3) is 0 Å². The molecule has 0 heterocycles. The molecule has 0 rings (SSSR count). The number of ether oxygens (including phenoxy) is 1. The van der Waals surface area contributed by atoms with Crippen molar-refractivity contribution in [2.75, 3.05) is 0 Å². The fourth-order valence-electron chi connectivity index (χ4n) is 1.54. The van der Waals surface area contributed by atoms with Crippen LogP contribution < -0.4 is 0 Å². The zero-order valence-electron chi connectivity index (χ0n) is 8.59. The van der Waals surface area contributed by atoms with Gasteiger partial charge in [-0.15, -0.1) is 0 Å². The van der Waals surface area contributed by atoms with Crippen LogP contribution in [0.4, 0.5) is 0 Å². The highest BCUT2D eigenvalue weighted by molar-refractivity contribution is 5.66. The normalized spacial score (nSPS) is 13.1. The summed E-state index contributed by atoms with van der Waals surface area (Å²) in [5, 5.41) is 0. The second kappa shape index (κ2) is 6.04. The maximum atomic E-state index is 10.7. The van der Waals surface area contributed by atoms with Crippen LogP contribution in [0.1, 0.15) is 47.0 Å². The monoisotopic (exact) mass is 172 g/mol. The third-order valence-corrected chi connectivity index (χ3v) is 2.29. The van der Waals surface area contributed by atoms with Crippen molar-refractivity contribution in [1.82, 2.24) is 0 Å². The van der Waals surface area contributed by atoms with Gasteiger partial charge in [-0.3, -0.25) is 4.79 Å². The van der Waals surface area contributed by atoms with E-state index < -0.39 is 0 Å². The number of carbonyl (C=O) groups excluding carboxylic acids is 1. The Kier molecular flexibility index (Phi) is 5.77. The largest absolute Gasteiger partial charge is 0.462 e. The summed E-state index contributed by atoms with van der Waals surface area (Å²) in [4.78, 5) is 10.7. The maximum absolute atomic E-state index is 10.7. The SMILES string of the molecule is CCC(CC)[C@H](CC)OC(C)=O. The van der Waals surface area contributed by atoms with Crippen LogP contribution >= 0.6 is 0 Å². The van der Waals surface area contributed by atoms with E-state index in [0.29, 0.717) is 5.92 Å². The Morgan fingerprint density at radius 1 is 1.17 bits per heavy atom. The molecule has 0 aromatic carbocycles. The second-order valence-corrected chi connectivity index (χ2v) is 3.13. The van der Waals surface area contributed by atoms with E-state index in [4.69, 9.17) is 4.74 Å². The molecule has 0 saturated heterocycles. The van der Waals surface area contributed by atoms with Crippen molar-refractivity contribution in [3.8, 4) is 0 Å². The Balaban J connectivity index is 4.01. The van der Waals surface area contributed by atoms with Gasteiger partial charge in [-0.1, -0.05) is 20.8 Å². The first-order chi connectivity index (χ1) is 5.65. The Morgan fingerprint density at radius 2 is 1.67 bits per heavy atom. The minimum atomic E-state index is -0.159. The van der Waals surface area contributed by atoms with E-state index in [-0.39, 0.29) is 12.1 Å². The fourth-order valence-corrected chi connectivity index (χ4v) is 1.54. The first kappa shape index (κ1) is 11.5. The first-order valence-electron chi connectivity index (χ1n) is 4.82. The number of carbonyl (C=O) groups is 1. The molecule has 0 amide bonds. The summed E-state index contributed by atoms with van der Waals surface area (Å²) < 4.78 is 5.20. The maximum Gasteiger partial charge on any atom is 0.302 e. The van der Waals surface area contributed by atoms with E-state index in [1.807, 2.05) is 0 Å². The van der Waals surface area contributed by atoms with E-state index in [1.165, 1.54) is 6.92 Å². The average Bonchev–Trinajstić information content (AvgIpc) is 2.04. The van der Waals surface area contributed by atoms with Crippen molar-refractivity contribution in [3.05, 3.63) is 0 Å². The molecule has 0 aromatic rings. The minimum Gasteiger partial charge on any atom is -0.462 e. The van der Waals surface area contributed by atoms with Gasteiger partial charge in [0, 0.05) is 6.92 Å². The zero-order valence-corrected chi connectivity index (χ0v) is 8.59. The van der Waals surface area contributed by atoms with Gasteiger partial charge in [0.1, 0.15) is 6.10 Å². The Labute approximate surface area is 75.3 Å². The number of hydrogen-bond acceptors (Lipinski definition) is 2. The predicted molar refractivity (Wildman–Crippen MR) is 49.9 cm³/mol. The molecular formula is C10H20O2. The van der Waals surface area contributed by atoms with E-state index in [9.17, 15) is 4.79 Å². The van der Waals surface area contributed by atoms with Gasteiger partial charge in [0.15, 0.2) is 0 Å². The molecule has 0 radical (unpaired) electrons. The minimum absolute atomic E-state index is 0.123. The van der Waals surface area contributed by atoms with Gasteiger partial charge >= 0.3 is 5.97 Å². The van der Waals surface area contributed by atoms with E-state index >= 15 is 0 Å². The molecule has 72 valence electrons. The van der Waals surface area contributed by atoms with Crippen molar-refractivity contribution in [2.24, 2.45) is 5.92 Å². The summed E-state index contributed by atoms with van der Waals surface area (Å²) in [5.41, 5.74) is 0. The van der Waals surface area contributed by atoms with E-state index in [0.717, 1.165) is 19.3 Å². The average molecular weight is 172 g/mol. The van der Waals surface area contributed by atoms with Crippen LogP contribution in [0.3, 0.4) is 0 Å². The summed E-state index contributed by atoms with van der Waals surface area (Å²) >= 11 is 0. The lowest BCUT2D eigenvalue weighted by Gasteiger charge is -2.23. The van der Waals surface area contributed by atoms with Crippen molar-refractivity contribution in [3.63, 3.8) is 0 Å². The van der Waals surface area contributed by atoms with Crippen molar-refractivity contribution in [1.29, 1.82) is 0 Å². The molecule has 0 aliphatic heterocycles. The molecule has 12 heavy (non-hydrogen) atoms. The Bertz CT molecular complexity index is 128. The molecule has 0 aliphatic rings. The molecule has 0 N–H and O–H groups in total. The van der Waals surface area contributed by atoms with Crippen molar-refractivity contribution in [2.45, 2.75) is 53.1 Å². The quantitative estimate of drug-likeness (QED) is 0.596. The second-order valence-electron chi connectivity index (χ2n) is 3.13. The highest BCUT2D eigenvalue weighted by atomic mass is 16.5.